The van der Waals surface area contributed by atoms with E-state index in [1.807, 2.05) is 0 Å². The first-order valence-electron chi connectivity index (χ1n) is 6.82. The smallest absolute Gasteiger partial charge is 0.127 e. The van der Waals surface area contributed by atoms with E-state index in [9.17, 15) is 4.39 Å². The minimum Gasteiger partial charge on any atom is -0.379 e. The van der Waals surface area contributed by atoms with E-state index in [2.05, 4.69) is 10.1 Å². The van der Waals surface area contributed by atoms with Crippen LogP contribution in [-0.4, -0.2) is 42.9 Å². The zero-order chi connectivity index (χ0) is 13.8. The van der Waals surface area contributed by atoms with Gasteiger partial charge in [0.2, 0.25) is 0 Å². The van der Waals surface area contributed by atoms with Gasteiger partial charge in [0, 0.05) is 30.8 Å². The molecular weight excluding hydrogens is 259 g/mol. The molecule has 1 aliphatic rings. The van der Waals surface area contributed by atoms with Crippen molar-refractivity contribution in [3.05, 3.63) is 41.9 Å². The number of aromatic nitrogens is 1. The number of hydrogen-bond acceptors (Lipinski definition) is 4. The number of rotatable bonds is 4. The van der Waals surface area contributed by atoms with Crippen LogP contribution in [0.5, 0.6) is 0 Å². The summed E-state index contributed by atoms with van der Waals surface area (Å²) in [6.45, 7) is 4.50. The van der Waals surface area contributed by atoms with E-state index >= 15 is 0 Å². The van der Waals surface area contributed by atoms with Gasteiger partial charge in [-0.2, -0.15) is 0 Å². The molecule has 0 unspecified atom stereocenters. The van der Waals surface area contributed by atoms with Gasteiger partial charge in [-0.15, -0.1) is 0 Å². The summed E-state index contributed by atoms with van der Waals surface area (Å²) < 4.78 is 23.4. The highest BCUT2D eigenvalue weighted by Gasteiger charge is 2.14. The van der Waals surface area contributed by atoms with E-state index in [0.29, 0.717) is 0 Å². The molecule has 1 aromatic heterocycles. The standard InChI is InChI=1S/C15H17FN2O2/c16-14-3-1-12(2-4-14)15-13(11-20-17-15)5-6-18-7-9-19-10-8-18/h1-4,11H,5-10H2. The average Bonchev–Trinajstić information content (AvgIpc) is 2.95. The van der Waals surface area contributed by atoms with Crippen molar-refractivity contribution in [2.45, 2.75) is 6.42 Å². The maximum absolute atomic E-state index is 13.0. The molecule has 1 aliphatic heterocycles. The van der Waals surface area contributed by atoms with Gasteiger partial charge in [0.1, 0.15) is 17.8 Å². The number of ether oxygens (including phenoxy) is 1. The van der Waals surface area contributed by atoms with Gasteiger partial charge in [-0.05, 0) is 30.7 Å². The summed E-state index contributed by atoms with van der Waals surface area (Å²) in [4.78, 5) is 2.37. The predicted molar refractivity (Wildman–Crippen MR) is 72.9 cm³/mol. The maximum atomic E-state index is 13.0. The third kappa shape index (κ3) is 3.05. The van der Waals surface area contributed by atoms with Gasteiger partial charge < -0.3 is 9.26 Å². The van der Waals surface area contributed by atoms with Gasteiger partial charge in [-0.3, -0.25) is 4.90 Å². The summed E-state index contributed by atoms with van der Waals surface area (Å²) in [5.74, 6) is -0.243. The van der Waals surface area contributed by atoms with Crippen LogP contribution in [0.15, 0.2) is 35.1 Å². The predicted octanol–water partition coefficient (Wildman–Crippen LogP) is 2.36. The Kier molecular flexibility index (Phi) is 4.08. The molecule has 0 atom stereocenters. The van der Waals surface area contributed by atoms with Gasteiger partial charge in [0.05, 0.1) is 13.2 Å². The Hall–Kier alpha value is -1.72. The molecule has 2 heterocycles. The van der Waals surface area contributed by atoms with Crippen LogP contribution in [0.25, 0.3) is 11.3 Å². The largest absolute Gasteiger partial charge is 0.379 e. The minimum atomic E-state index is -0.243. The van der Waals surface area contributed by atoms with Crippen molar-refractivity contribution in [2.24, 2.45) is 0 Å². The number of nitrogens with zero attached hydrogens (tertiary/aromatic N) is 2. The highest BCUT2D eigenvalue weighted by Crippen LogP contribution is 2.23. The van der Waals surface area contributed by atoms with Crippen molar-refractivity contribution >= 4 is 0 Å². The fraction of sp³-hybridized carbons (Fsp3) is 0.400. The molecular formula is C15H17FN2O2. The SMILES string of the molecule is Fc1ccc(-c2nocc2CCN2CCOCC2)cc1. The molecule has 2 aromatic rings. The summed E-state index contributed by atoms with van der Waals surface area (Å²) in [5.41, 5.74) is 2.75. The van der Waals surface area contributed by atoms with Crippen molar-refractivity contribution in [1.29, 1.82) is 0 Å². The lowest BCUT2D eigenvalue weighted by Gasteiger charge is -2.26. The molecule has 1 aromatic carbocycles. The Morgan fingerprint density at radius 2 is 1.90 bits per heavy atom. The first kappa shape index (κ1) is 13.3. The average molecular weight is 276 g/mol. The normalized spacial score (nSPS) is 16.4. The molecule has 1 saturated heterocycles. The van der Waals surface area contributed by atoms with Crippen molar-refractivity contribution < 1.29 is 13.7 Å². The van der Waals surface area contributed by atoms with E-state index in [0.717, 1.165) is 56.1 Å². The molecule has 0 spiro atoms. The number of hydrogen-bond donors (Lipinski definition) is 0. The molecule has 0 radical (unpaired) electrons. The van der Waals surface area contributed by atoms with E-state index in [-0.39, 0.29) is 5.82 Å². The zero-order valence-corrected chi connectivity index (χ0v) is 11.2. The lowest BCUT2D eigenvalue weighted by atomic mass is 10.1. The summed E-state index contributed by atoms with van der Waals surface area (Å²) in [6, 6.07) is 6.34. The highest BCUT2D eigenvalue weighted by molar-refractivity contribution is 5.62. The molecule has 0 bridgehead atoms. The highest BCUT2D eigenvalue weighted by atomic mass is 19.1. The molecule has 4 nitrogen and oxygen atoms in total. The molecule has 1 fully saturated rings. The Morgan fingerprint density at radius 3 is 2.65 bits per heavy atom. The molecule has 0 aliphatic carbocycles. The van der Waals surface area contributed by atoms with E-state index < -0.39 is 0 Å². The zero-order valence-electron chi connectivity index (χ0n) is 11.2. The molecule has 106 valence electrons. The first-order chi connectivity index (χ1) is 9.83. The van der Waals surface area contributed by atoms with Crippen LogP contribution in [0.1, 0.15) is 5.56 Å². The van der Waals surface area contributed by atoms with Crippen molar-refractivity contribution in [1.82, 2.24) is 10.1 Å². The lowest BCUT2D eigenvalue weighted by molar-refractivity contribution is 0.0384. The first-order valence-corrected chi connectivity index (χ1v) is 6.82. The third-order valence-corrected chi connectivity index (χ3v) is 3.56. The van der Waals surface area contributed by atoms with Crippen LogP contribution in [0.3, 0.4) is 0 Å². The van der Waals surface area contributed by atoms with Crippen LogP contribution >= 0.6 is 0 Å². The van der Waals surface area contributed by atoms with Crippen molar-refractivity contribution in [3.8, 4) is 11.3 Å². The summed E-state index contributed by atoms with van der Waals surface area (Å²) in [7, 11) is 0. The van der Waals surface area contributed by atoms with Crippen LogP contribution in [0, 0.1) is 5.82 Å². The van der Waals surface area contributed by atoms with Gasteiger partial charge in [-0.1, -0.05) is 5.16 Å². The quantitative estimate of drug-likeness (QED) is 0.859. The van der Waals surface area contributed by atoms with Crippen LogP contribution in [0.2, 0.25) is 0 Å². The fourth-order valence-corrected chi connectivity index (χ4v) is 2.38. The molecule has 5 heteroatoms. The van der Waals surface area contributed by atoms with Gasteiger partial charge in [0.25, 0.3) is 0 Å². The molecule has 0 amide bonds. The number of morpholine rings is 1. The Balaban J connectivity index is 1.68. The van der Waals surface area contributed by atoms with Gasteiger partial charge >= 0.3 is 0 Å². The second-order valence-corrected chi connectivity index (χ2v) is 4.90. The fourth-order valence-electron chi connectivity index (χ4n) is 2.38. The Bertz CT molecular complexity index is 547. The Labute approximate surface area is 117 Å². The van der Waals surface area contributed by atoms with Crippen LogP contribution in [0.4, 0.5) is 4.39 Å². The van der Waals surface area contributed by atoms with Crippen molar-refractivity contribution in [2.75, 3.05) is 32.8 Å². The molecule has 20 heavy (non-hydrogen) atoms. The van der Waals surface area contributed by atoms with E-state index in [1.54, 1.807) is 18.4 Å². The minimum absolute atomic E-state index is 0.243. The second-order valence-electron chi connectivity index (χ2n) is 4.90. The number of benzene rings is 1. The summed E-state index contributed by atoms with van der Waals surface area (Å²) in [6.07, 6.45) is 2.55. The van der Waals surface area contributed by atoms with E-state index in [1.165, 1.54) is 12.1 Å². The third-order valence-electron chi connectivity index (χ3n) is 3.56. The Morgan fingerprint density at radius 1 is 1.15 bits per heavy atom. The second kappa shape index (κ2) is 6.15. The topological polar surface area (TPSA) is 38.5 Å². The summed E-state index contributed by atoms with van der Waals surface area (Å²) in [5, 5.41) is 4.04. The maximum Gasteiger partial charge on any atom is 0.127 e. The molecule has 0 N–H and O–H groups in total. The molecule has 0 saturated carbocycles. The van der Waals surface area contributed by atoms with Gasteiger partial charge in [-0.25, -0.2) is 4.39 Å². The summed E-state index contributed by atoms with van der Waals surface area (Å²) >= 11 is 0. The van der Waals surface area contributed by atoms with E-state index in [4.69, 9.17) is 9.26 Å². The van der Waals surface area contributed by atoms with Gasteiger partial charge in [0.15, 0.2) is 0 Å². The van der Waals surface area contributed by atoms with Crippen LogP contribution in [-0.2, 0) is 11.2 Å². The lowest BCUT2D eigenvalue weighted by Crippen LogP contribution is -2.37. The molecule has 3 rings (SSSR count). The number of halogens is 1. The monoisotopic (exact) mass is 276 g/mol. The van der Waals surface area contributed by atoms with Crippen molar-refractivity contribution in [3.63, 3.8) is 0 Å². The van der Waals surface area contributed by atoms with Crippen LogP contribution < -0.4 is 0 Å².